The van der Waals surface area contributed by atoms with Gasteiger partial charge >= 0.3 is 5.97 Å². The fourth-order valence-electron chi connectivity index (χ4n) is 5.33. The molecule has 4 aromatic rings. The maximum Gasteiger partial charge on any atom is 0.307 e. The van der Waals surface area contributed by atoms with Crippen LogP contribution in [0.4, 0.5) is 4.39 Å². The zero-order valence-electron chi connectivity index (χ0n) is 21.3. The summed E-state index contributed by atoms with van der Waals surface area (Å²) in [5.41, 5.74) is 2.32. The van der Waals surface area contributed by atoms with E-state index >= 15 is 0 Å². The molecule has 2 heterocycles. The van der Waals surface area contributed by atoms with Crippen molar-refractivity contribution in [3.63, 3.8) is 0 Å². The summed E-state index contributed by atoms with van der Waals surface area (Å²) >= 11 is 0. The molecule has 1 aliphatic heterocycles. The highest BCUT2D eigenvalue weighted by atomic mass is 19.1. The quantitative estimate of drug-likeness (QED) is 0.318. The first-order valence-corrected chi connectivity index (χ1v) is 12.9. The first-order valence-electron chi connectivity index (χ1n) is 12.9. The van der Waals surface area contributed by atoms with E-state index in [2.05, 4.69) is 9.88 Å². The van der Waals surface area contributed by atoms with Crippen molar-refractivity contribution in [1.82, 2.24) is 14.8 Å². The number of hydrogen-bond acceptors (Lipinski definition) is 5. The number of rotatable bonds is 7. The lowest BCUT2D eigenvalue weighted by atomic mass is 9.93. The third-order valence-electron chi connectivity index (χ3n) is 7.03. The second-order valence-corrected chi connectivity index (χ2v) is 9.43. The van der Waals surface area contributed by atoms with Gasteiger partial charge in [0.15, 0.2) is 0 Å². The maximum absolute atomic E-state index is 14.3. The highest BCUT2D eigenvalue weighted by molar-refractivity contribution is 6.06. The van der Waals surface area contributed by atoms with Crippen LogP contribution in [0.1, 0.15) is 40.9 Å². The van der Waals surface area contributed by atoms with Crippen molar-refractivity contribution in [2.75, 3.05) is 26.2 Å². The molecule has 0 saturated carbocycles. The van der Waals surface area contributed by atoms with E-state index in [1.807, 2.05) is 60.7 Å². The van der Waals surface area contributed by atoms with Gasteiger partial charge in [-0.3, -0.25) is 19.5 Å². The van der Waals surface area contributed by atoms with Gasteiger partial charge in [-0.2, -0.15) is 0 Å². The minimum absolute atomic E-state index is 0.115. The Bertz CT molecular complexity index is 1420. The summed E-state index contributed by atoms with van der Waals surface area (Å²) in [6.45, 7) is 3.35. The minimum Gasteiger partial charge on any atom is -0.466 e. The predicted molar refractivity (Wildman–Crippen MR) is 144 cm³/mol. The molecule has 0 spiro atoms. The zero-order valence-corrected chi connectivity index (χ0v) is 21.3. The molecule has 0 bridgehead atoms. The summed E-state index contributed by atoms with van der Waals surface area (Å²) in [5, 5.41) is 1.74. The Morgan fingerprint density at radius 2 is 1.74 bits per heavy atom. The van der Waals surface area contributed by atoms with Crippen molar-refractivity contribution in [3.05, 3.63) is 114 Å². The molecule has 7 heteroatoms. The normalized spacial score (nSPS) is 16.8. The molecule has 194 valence electrons. The molecule has 6 nitrogen and oxygen atoms in total. The van der Waals surface area contributed by atoms with Gasteiger partial charge in [0.2, 0.25) is 0 Å². The molecule has 38 heavy (non-hydrogen) atoms. The predicted octanol–water partition coefficient (Wildman–Crippen LogP) is 5.24. The average molecular weight is 512 g/mol. The number of aromatic nitrogens is 1. The third kappa shape index (κ3) is 5.43. The van der Waals surface area contributed by atoms with Gasteiger partial charge in [-0.15, -0.1) is 0 Å². The van der Waals surface area contributed by atoms with E-state index in [4.69, 9.17) is 4.74 Å². The van der Waals surface area contributed by atoms with Gasteiger partial charge in [-0.05, 0) is 35.6 Å². The van der Waals surface area contributed by atoms with E-state index in [0.717, 1.165) is 21.9 Å². The first-order chi connectivity index (χ1) is 18.5. The van der Waals surface area contributed by atoms with E-state index in [1.165, 1.54) is 6.07 Å². The molecular formula is C31H30FN3O3. The summed E-state index contributed by atoms with van der Waals surface area (Å²) in [5.74, 6) is -0.762. The number of nitrogens with zero attached hydrogens (tertiary/aromatic N) is 3. The Labute approximate surface area is 221 Å². The first kappa shape index (κ1) is 25.5. The number of piperazine rings is 1. The summed E-state index contributed by atoms with van der Waals surface area (Å²) in [6.07, 6.45) is 3.47. The Morgan fingerprint density at radius 3 is 2.53 bits per heavy atom. The van der Waals surface area contributed by atoms with Gasteiger partial charge in [0.05, 0.1) is 24.6 Å². The van der Waals surface area contributed by atoms with Crippen LogP contribution in [-0.4, -0.2) is 58.9 Å². The number of pyridine rings is 1. The van der Waals surface area contributed by atoms with Crippen molar-refractivity contribution >= 4 is 22.6 Å². The number of carbonyl (C=O) groups excluding carboxylic acids is 2. The number of amides is 1. The molecule has 1 aromatic heterocycles. The summed E-state index contributed by atoms with van der Waals surface area (Å²) < 4.78 is 19.7. The summed E-state index contributed by atoms with van der Waals surface area (Å²) in [4.78, 5) is 34.7. The highest BCUT2D eigenvalue weighted by Gasteiger charge is 2.37. The molecule has 5 rings (SSSR count). The Balaban J connectivity index is 1.50. The van der Waals surface area contributed by atoms with Gasteiger partial charge in [-0.1, -0.05) is 66.7 Å². The van der Waals surface area contributed by atoms with Crippen LogP contribution >= 0.6 is 0 Å². The van der Waals surface area contributed by atoms with E-state index in [9.17, 15) is 14.0 Å². The van der Waals surface area contributed by atoms with E-state index in [0.29, 0.717) is 25.2 Å². The molecule has 1 saturated heterocycles. The van der Waals surface area contributed by atoms with E-state index in [1.54, 1.807) is 36.4 Å². The third-order valence-corrected chi connectivity index (χ3v) is 7.03. The monoisotopic (exact) mass is 511 g/mol. The van der Waals surface area contributed by atoms with Gasteiger partial charge in [0.25, 0.3) is 5.91 Å². The van der Waals surface area contributed by atoms with E-state index < -0.39 is 0 Å². The van der Waals surface area contributed by atoms with Crippen molar-refractivity contribution in [1.29, 1.82) is 0 Å². The molecule has 0 radical (unpaired) electrons. The van der Waals surface area contributed by atoms with Crippen LogP contribution < -0.4 is 0 Å². The Kier molecular flexibility index (Phi) is 7.75. The molecule has 1 fully saturated rings. The van der Waals surface area contributed by atoms with Crippen LogP contribution in [0.15, 0.2) is 91.3 Å². The van der Waals surface area contributed by atoms with Crippen LogP contribution in [0.2, 0.25) is 0 Å². The number of fused-ring (bicyclic) bond motifs is 1. The molecule has 1 amide bonds. The molecule has 2 atom stereocenters. The molecule has 0 aliphatic carbocycles. The molecule has 1 unspecified atom stereocenters. The smallest absolute Gasteiger partial charge is 0.307 e. The lowest BCUT2D eigenvalue weighted by molar-refractivity contribution is -0.145. The second kappa shape index (κ2) is 11.5. The number of hydrogen-bond donors (Lipinski definition) is 0. The second-order valence-electron chi connectivity index (χ2n) is 9.43. The number of ether oxygens (including phenoxy) is 1. The van der Waals surface area contributed by atoms with Crippen LogP contribution in [0.3, 0.4) is 0 Å². The van der Waals surface area contributed by atoms with Gasteiger partial charge in [0, 0.05) is 43.5 Å². The van der Waals surface area contributed by atoms with Crippen LogP contribution in [0, 0.1) is 5.82 Å². The molecule has 1 aliphatic rings. The zero-order chi connectivity index (χ0) is 26.5. The Hall–Kier alpha value is -4.10. The number of benzene rings is 3. The molecular weight excluding hydrogens is 481 g/mol. The average Bonchev–Trinajstić information content (AvgIpc) is 2.94. The fraction of sp³-hybridized carbons (Fsp3) is 0.258. The van der Waals surface area contributed by atoms with E-state index in [-0.39, 0.29) is 42.8 Å². The van der Waals surface area contributed by atoms with Crippen molar-refractivity contribution < 1.29 is 18.7 Å². The lowest BCUT2D eigenvalue weighted by Gasteiger charge is -2.45. The Morgan fingerprint density at radius 1 is 0.974 bits per heavy atom. The lowest BCUT2D eigenvalue weighted by Crippen LogP contribution is -2.56. The summed E-state index contributed by atoms with van der Waals surface area (Å²) in [6, 6.07) is 23.5. The van der Waals surface area contributed by atoms with Crippen LogP contribution in [-0.2, 0) is 9.53 Å². The minimum atomic E-state index is -0.330. The molecule has 3 aromatic carbocycles. The number of halogens is 1. The number of carbonyl (C=O) groups is 2. The molecule has 0 N–H and O–H groups in total. The highest BCUT2D eigenvalue weighted by Crippen LogP contribution is 2.34. The van der Waals surface area contributed by atoms with Crippen LogP contribution in [0.25, 0.3) is 10.8 Å². The van der Waals surface area contributed by atoms with Crippen molar-refractivity contribution in [3.8, 4) is 0 Å². The van der Waals surface area contributed by atoms with Gasteiger partial charge in [-0.25, -0.2) is 4.39 Å². The van der Waals surface area contributed by atoms with Gasteiger partial charge < -0.3 is 9.64 Å². The standard InChI is InChI=1S/C31H30FN3O3/c1-2-38-29(36)18-26-21-34(31(37)28-20-33-19-24-11-6-7-14-27(24)28)15-16-35(26)30(22-9-4-3-5-10-22)23-12-8-13-25(32)17-23/h3-14,17,19-20,26,30H,2,15-16,18,21H2,1H3/t26-,30?/m0/s1. The van der Waals surface area contributed by atoms with Gasteiger partial charge in [0.1, 0.15) is 5.82 Å². The van der Waals surface area contributed by atoms with Crippen molar-refractivity contribution in [2.45, 2.75) is 25.4 Å². The largest absolute Gasteiger partial charge is 0.466 e. The van der Waals surface area contributed by atoms with Crippen LogP contribution in [0.5, 0.6) is 0 Å². The van der Waals surface area contributed by atoms with Crippen molar-refractivity contribution in [2.24, 2.45) is 0 Å². The SMILES string of the molecule is CCOC(=O)C[C@H]1CN(C(=O)c2cncc3ccccc23)CCN1C(c1ccccc1)c1cccc(F)c1. The fourth-order valence-corrected chi connectivity index (χ4v) is 5.33. The topological polar surface area (TPSA) is 62.7 Å². The maximum atomic E-state index is 14.3. The summed E-state index contributed by atoms with van der Waals surface area (Å²) in [7, 11) is 0. The number of esters is 1.